The summed E-state index contributed by atoms with van der Waals surface area (Å²) in [6.45, 7) is 4.47. The van der Waals surface area contributed by atoms with Crippen molar-refractivity contribution in [2.24, 2.45) is 0 Å². The van der Waals surface area contributed by atoms with E-state index in [4.69, 9.17) is 4.74 Å². The second kappa shape index (κ2) is 15.1. The Labute approximate surface area is 211 Å². The summed E-state index contributed by atoms with van der Waals surface area (Å²) in [6, 6.07) is 16.1. The summed E-state index contributed by atoms with van der Waals surface area (Å²) >= 11 is 0. The van der Waals surface area contributed by atoms with Crippen molar-refractivity contribution in [3.05, 3.63) is 77.6 Å². The van der Waals surface area contributed by atoms with Crippen LogP contribution in [-0.2, 0) is 12.8 Å². The quantitative estimate of drug-likeness (QED) is 0.165. The zero-order valence-electron chi connectivity index (χ0n) is 21.5. The highest BCUT2D eigenvalue weighted by Gasteiger charge is 2.10. The fraction of sp³-hybridized carbons (Fsp3) is 0.452. The Hall–Kier alpha value is -3.01. The molecule has 0 amide bonds. The minimum Gasteiger partial charge on any atom is -0.420 e. The lowest BCUT2D eigenvalue weighted by Crippen LogP contribution is -2.09. The van der Waals surface area contributed by atoms with Gasteiger partial charge in [0.2, 0.25) is 0 Å². The smallest absolute Gasteiger partial charge is 0.343 e. The van der Waals surface area contributed by atoms with E-state index < -0.39 is 5.97 Å². The van der Waals surface area contributed by atoms with Crippen LogP contribution in [-0.4, -0.2) is 15.9 Å². The molecular formula is C31H40N2O2. The van der Waals surface area contributed by atoms with Crippen LogP contribution in [0, 0.1) is 0 Å². The molecule has 0 unspecified atom stereocenters. The molecule has 0 saturated heterocycles. The zero-order valence-corrected chi connectivity index (χ0v) is 21.5. The molecule has 1 heterocycles. The molecule has 4 nitrogen and oxygen atoms in total. The number of nitrogens with zero attached hydrogens (tertiary/aromatic N) is 2. The van der Waals surface area contributed by atoms with Gasteiger partial charge in [0.05, 0.1) is 18.0 Å². The van der Waals surface area contributed by atoms with Gasteiger partial charge in [-0.3, -0.25) is 0 Å². The highest BCUT2D eigenvalue weighted by atomic mass is 16.5. The monoisotopic (exact) mass is 472 g/mol. The number of carbonyl (C=O) groups excluding carboxylic acids is 1. The Kier molecular flexibility index (Phi) is 11.5. The van der Waals surface area contributed by atoms with Crippen molar-refractivity contribution in [3.8, 4) is 17.1 Å². The Morgan fingerprint density at radius 3 is 1.71 bits per heavy atom. The number of ether oxygens (including phenoxy) is 1. The lowest BCUT2D eigenvalue weighted by molar-refractivity contribution is 0.0733. The van der Waals surface area contributed by atoms with Crippen LogP contribution in [0.5, 0.6) is 5.75 Å². The molecule has 0 saturated carbocycles. The summed E-state index contributed by atoms with van der Waals surface area (Å²) in [4.78, 5) is 21.3. The maximum atomic E-state index is 12.5. The van der Waals surface area contributed by atoms with Crippen LogP contribution in [0.4, 0.5) is 0 Å². The molecule has 0 aliphatic rings. The molecule has 0 fully saturated rings. The van der Waals surface area contributed by atoms with E-state index in [1.807, 2.05) is 24.3 Å². The van der Waals surface area contributed by atoms with Crippen LogP contribution in [0.25, 0.3) is 11.4 Å². The third kappa shape index (κ3) is 9.28. The third-order valence-electron chi connectivity index (χ3n) is 6.38. The topological polar surface area (TPSA) is 52.1 Å². The summed E-state index contributed by atoms with van der Waals surface area (Å²) in [5.41, 5.74) is 4.10. The highest BCUT2D eigenvalue weighted by molar-refractivity contribution is 5.91. The Balaban J connectivity index is 1.46. The Bertz CT molecular complexity index is 996. The number of benzene rings is 2. The van der Waals surface area contributed by atoms with Crippen LogP contribution in [0.3, 0.4) is 0 Å². The molecule has 0 bridgehead atoms. The van der Waals surface area contributed by atoms with Crippen molar-refractivity contribution in [3.63, 3.8) is 0 Å². The van der Waals surface area contributed by atoms with E-state index in [0.29, 0.717) is 17.1 Å². The predicted octanol–water partition coefficient (Wildman–Crippen LogP) is 8.39. The van der Waals surface area contributed by atoms with E-state index in [2.05, 4.69) is 48.1 Å². The van der Waals surface area contributed by atoms with Crippen molar-refractivity contribution in [1.29, 1.82) is 0 Å². The number of carbonyl (C=O) groups is 1. The van der Waals surface area contributed by atoms with E-state index in [1.54, 1.807) is 12.4 Å². The molecule has 0 aliphatic carbocycles. The SMILES string of the molecule is CCCCCCCCc1ccc(-c2ncc(OC(=O)c3ccc(CCCCCC)cc3)cn2)cc1. The van der Waals surface area contributed by atoms with E-state index in [-0.39, 0.29) is 0 Å². The first kappa shape index (κ1) is 26.6. The van der Waals surface area contributed by atoms with E-state index in [1.165, 1.54) is 75.3 Å². The third-order valence-corrected chi connectivity index (χ3v) is 6.38. The van der Waals surface area contributed by atoms with Gasteiger partial charge >= 0.3 is 5.97 Å². The first-order valence-electron chi connectivity index (χ1n) is 13.4. The van der Waals surface area contributed by atoms with Crippen molar-refractivity contribution < 1.29 is 9.53 Å². The number of esters is 1. The van der Waals surface area contributed by atoms with Crippen LogP contribution >= 0.6 is 0 Å². The van der Waals surface area contributed by atoms with Gasteiger partial charge in [-0.25, -0.2) is 14.8 Å². The molecule has 0 N–H and O–H groups in total. The molecule has 1 aromatic heterocycles. The average Bonchev–Trinajstić information content (AvgIpc) is 2.90. The van der Waals surface area contributed by atoms with E-state index in [9.17, 15) is 4.79 Å². The van der Waals surface area contributed by atoms with Crippen molar-refractivity contribution in [2.45, 2.75) is 90.9 Å². The molecule has 4 heteroatoms. The van der Waals surface area contributed by atoms with Gasteiger partial charge in [0.15, 0.2) is 11.6 Å². The average molecular weight is 473 g/mol. The molecule has 0 aliphatic heterocycles. The first-order valence-corrected chi connectivity index (χ1v) is 13.4. The lowest BCUT2D eigenvalue weighted by Gasteiger charge is -2.07. The van der Waals surface area contributed by atoms with Gasteiger partial charge in [0.1, 0.15) is 0 Å². The van der Waals surface area contributed by atoms with Crippen molar-refractivity contribution in [1.82, 2.24) is 9.97 Å². The number of aryl methyl sites for hydroxylation is 2. The molecule has 0 atom stereocenters. The van der Waals surface area contributed by atoms with Gasteiger partial charge in [0.25, 0.3) is 0 Å². The number of hydrogen-bond donors (Lipinski definition) is 0. The Morgan fingerprint density at radius 2 is 1.14 bits per heavy atom. The largest absolute Gasteiger partial charge is 0.420 e. The van der Waals surface area contributed by atoms with Crippen LogP contribution in [0.2, 0.25) is 0 Å². The minimum atomic E-state index is -0.391. The zero-order chi connectivity index (χ0) is 24.7. The summed E-state index contributed by atoms with van der Waals surface area (Å²) in [7, 11) is 0. The molecule has 35 heavy (non-hydrogen) atoms. The predicted molar refractivity (Wildman–Crippen MR) is 144 cm³/mol. The normalized spacial score (nSPS) is 10.9. The van der Waals surface area contributed by atoms with Gasteiger partial charge in [-0.2, -0.15) is 0 Å². The van der Waals surface area contributed by atoms with Gasteiger partial charge in [-0.15, -0.1) is 0 Å². The number of aromatic nitrogens is 2. The number of hydrogen-bond acceptors (Lipinski definition) is 4. The van der Waals surface area contributed by atoms with Crippen LogP contribution < -0.4 is 4.74 Å². The fourth-order valence-electron chi connectivity index (χ4n) is 4.18. The standard InChI is InChI=1S/C31H40N2O2/c1-3-5-7-9-10-12-14-25-15-19-27(20-16-25)30-32-23-29(24-33-30)35-31(34)28-21-17-26(18-22-28)13-11-8-6-4-2/h15-24H,3-14H2,1-2H3. The summed E-state index contributed by atoms with van der Waals surface area (Å²) in [6.07, 6.45) is 18.1. The maximum Gasteiger partial charge on any atom is 0.343 e. The van der Waals surface area contributed by atoms with Crippen molar-refractivity contribution in [2.75, 3.05) is 0 Å². The molecular weight excluding hydrogens is 432 g/mol. The van der Waals surface area contributed by atoms with E-state index in [0.717, 1.165) is 18.4 Å². The highest BCUT2D eigenvalue weighted by Crippen LogP contribution is 2.19. The molecule has 2 aromatic carbocycles. The molecule has 0 radical (unpaired) electrons. The fourth-order valence-corrected chi connectivity index (χ4v) is 4.18. The second-order valence-corrected chi connectivity index (χ2v) is 9.35. The molecule has 3 aromatic rings. The molecule has 3 rings (SSSR count). The van der Waals surface area contributed by atoms with E-state index >= 15 is 0 Å². The van der Waals surface area contributed by atoms with Crippen LogP contribution in [0.15, 0.2) is 60.9 Å². The van der Waals surface area contributed by atoms with Gasteiger partial charge < -0.3 is 4.74 Å². The number of unbranched alkanes of at least 4 members (excludes halogenated alkanes) is 8. The molecule has 186 valence electrons. The lowest BCUT2D eigenvalue weighted by atomic mass is 10.0. The summed E-state index contributed by atoms with van der Waals surface area (Å²) < 4.78 is 5.48. The van der Waals surface area contributed by atoms with Gasteiger partial charge in [-0.1, -0.05) is 102 Å². The maximum absolute atomic E-state index is 12.5. The summed E-state index contributed by atoms with van der Waals surface area (Å²) in [5, 5.41) is 0. The summed E-state index contributed by atoms with van der Waals surface area (Å²) in [5.74, 6) is 0.586. The van der Waals surface area contributed by atoms with Crippen LogP contribution in [0.1, 0.15) is 99.5 Å². The number of rotatable bonds is 15. The first-order chi connectivity index (χ1) is 17.2. The van der Waals surface area contributed by atoms with Crippen molar-refractivity contribution >= 4 is 5.97 Å². The van der Waals surface area contributed by atoms with Gasteiger partial charge in [0, 0.05) is 5.56 Å². The van der Waals surface area contributed by atoms with Gasteiger partial charge in [-0.05, 0) is 48.9 Å². The molecule has 0 spiro atoms. The minimum absolute atomic E-state index is 0.349. The second-order valence-electron chi connectivity index (χ2n) is 9.35. The Morgan fingerprint density at radius 1 is 0.657 bits per heavy atom.